The number of para-hydroxylation sites is 3. The molecule has 3 heterocycles. The van der Waals surface area contributed by atoms with Gasteiger partial charge in [-0.1, -0.05) is 127 Å². The first-order chi connectivity index (χ1) is 27.5. The van der Waals surface area contributed by atoms with E-state index < -0.39 is 12.6 Å². The zero-order valence-electron chi connectivity index (χ0n) is 30.5. The summed E-state index contributed by atoms with van der Waals surface area (Å²) in [5, 5.41) is 14.3. The first-order valence-corrected chi connectivity index (χ1v) is 20.5. The highest BCUT2D eigenvalue weighted by Gasteiger charge is 2.55. The van der Waals surface area contributed by atoms with Gasteiger partial charge in [-0.15, -0.1) is 0 Å². The number of hydrogen-bond donors (Lipinski definition) is 0. The number of benzene rings is 8. The molecule has 4 nitrogen and oxygen atoms in total. The molecule has 1 aromatic heterocycles. The molecule has 0 bridgehead atoms. The Kier molecular flexibility index (Phi) is 6.99. The van der Waals surface area contributed by atoms with Gasteiger partial charge in [0.1, 0.15) is 11.2 Å². The van der Waals surface area contributed by atoms with Crippen molar-refractivity contribution in [3.63, 3.8) is 0 Å². The Morgan fingerprint density at radius 3 is 2.07 bits per heavy atom. The van der Waals surface area contributed by atoms with Gasteiger partial charge < -0.3 is 13.9 Å². The van der Waals surface area contributed by atoms with Crippen LogP contribution in [0, 0.1) is 18.3 Å². The predicted molar refractivity (Wildman–Crippen MR) is 228 cm³/mol. The van der Waals surface area contributed by atoms with Crippen LogP contribution < -0.4 is 20.8 Å². The molecule has 1 spiro atoms. The Labute approximate surface area is 324 Å². The van der Waals surface area contributed by atoms with Crippen molar-refractivity contribution < 1.29 is 8.98 Å². The Morgan fingerprint density at radius 2 is 1.25 bits per heavy atom. The summed E-state index contributed by atoms with van der Waals surface area (Å²) in [6.07, 6.45) is 0. The third-order valence-electron chi connectivity index (χ3n) is 11.8. The second-order valence-electron chi connectivity index (χ2n) is 14.8. The number of nitriles is 1. The normalized spacial score (nSPS) is 17.9. The first-order valence-electron chi connectivity index (χ1n) is 18.8. The van der Waals surface area contributed by atoms with Crippen LogP contribution in [0.4, 0.5) is 17.1 Å². The summed E-state index contributed by atoms with van der Waals surface area (Å²) in [7, 11) is -3.46. The lowest BCUT2D eigenvalue weighted by Crippen LogP contribution is -2.49. The molecule has 2 unspecified atom stereocenters. The minimum Gasteiger partial charge on any atom is -0.456 e. The second-order valence-corrected chi connectivity index (χ2v) is 17.5. The lowest BCUT2D eigenvalue weighted by Gasteiger charge is -2.50. The number of furan rings is 1. The van der Waals surface area contributed by atoms with Crippen LogP contribution in [0.2, 0.25) is 0 Å². The molecule has 0 N–H and O–H groups in total. The Bertz CT molecular complexity index is 3160. The number of anilines is 3. The van der Waals surface area contributed by atoms with Crippen LogP contribution in [0.25, 0.3) is 33.1 Å². The summed E-state index contributed by atoms with van der Waals surface area (Å²) >= 11 is 0. The quantitative estimate of drug-likeness (QED) is 0.170. The van der Waals surface area contributed by atoms with Gasteiger partial charge in [-0.05, 0) is 100 Å². The number of fused-ring (bicyclic) bond motifs is 11. The fraction of sp³-hybridized carbons (Fsp3) is 0.0392. The molecule has 0 aliphatic carbocycles. The van der Waals surface area contributed by atoms with E-state index in [0.717, 1.165) is 88.3 Å². The predicted octanol–water partition coefficient (Wildman–Crippen LogP) is 11.6. The second kappa shape index (κ2) is 12.0. The van der Waals surface area contributed by atoms with Gasteiger partial charge in [0.2, 0.25) is 0 Å². The molecular formula is C51H33N2O2P. The summed E-state index contributed by atoms with van der Waals surface area (Å²) in [5.41, 5.74) is 11.5. The minimum absolute atomic E-state index is 0.627. The Morgan fingerprint density at radius 1 is 0.554 bits per heavy atom. The Balaban J connectivity index is 1.33. The molecule has 56 heavy (non-hydrogen) atoms. The summed E-state index contributed by atoms with van der Waals surface area (Å²) in [6, 6.07) is 65.1. The largest absolute Gasteiger partial charge is 0.456 e. The van der Waals surface area contributed by atoms with Crippen molar-refractivity contribution in [2.24, 2.45) is 0 Å². The van der Waals surface area contributed by atoms with Crippen LogP contribution in [-0.2, 0) is 9.98 Å². The van der Waals surface area contributed by atoms with E-state index in [0.29, 0.717) is 11.1 Å². The van der Waals surface area contributed by atoms with E-state index in [1.165, 1.54) is 0 Å². The smallest absolute Gasteiger partial charge is 0.171 e. The molecule has 2 aliphatic heterocycles. The average molecular weight is 737 g/mol. The highest BCUT2D eigenvalue weighted by molar-refractivity contribution is 7.85. The summed E-state index contributed by atoms with van der Waals surface area (Å²) < 4.78 is 23.1. The molecule has 0 radical (unpaired) electrons. The van der Waals surface area contributed by atoms with Crippen molar-refractivity contribution in [2.75, 3.05) is 4.90 Å². The third-order valence-corrected chi connectivity index (χ3v) is 14.9. The summed E-state index contributed by atoms with van der Waals surface area (Å²) in [5.74, 6) is 0. The van der Waals surface area contributed by atoms with Crippen LogP contribution in [0.1, 0.15) is 33.4 Å². The molecule has 0 saturated carbocycles. The number of aryl methyl sites for hydroxylation is 1. The minimum atomic E-state index is -3.46. The number of nitrogens with zero attached hydrogens (tertiary/aromatic N) is 2. The van der Waals surface area contributed by atoms with Crippen LogP contribution in [0.5, 0.6) is 0 Å². The molecule has 0 saturated heterocycles. The molecule has 264 valence electrons. The fourth-order valence-corrected chi connectivity index (χ4v) is 12.7. The van der Waals surface area contributed by atoms with E-state index in [-0.39, 0.29) is 0 Å². The van der Waals surface area contributed by atoms with E-state index in [4.69, 9.17) is 4.42 Å². The molecular weight excluding hydrogens is 704 g/mol. The highest BCUT2D eigenvalue weighted by Crippen LogP contribution is 2.63. The SMILES string of the molecule is Cc1cc(C#N)cc(-c2ccc3c(c2)N(c2ccccc2)c2ccccc2C32c3ccccc3P(=O)(c3ccccc3)c3cc4oc5ccccc5c4cc32)c1. The van der Waals surface area contributed by atoms with Crippen molar-refractivity contribution in [3.05, 3.63) is 215 Å². The molecule has 8 aromatic carbocycles. The molecule has 0 fully saturated rings. The van der Waals surface area contributed by atoms with Crippen LogP contribution in [0.15, 0.2) is 186 Å². The summed E-state index contributed by atoms with van der Waals surface area (Å²) in [4.78, 5) is 2.36. The van der Waals surface area contributed by atoms with Crippen LogP contribution in [-0.4, -0.2) is 0 Å². The third kappa shape index (κ3) is 4.38. The van der Waals surface area contributed by atoms with Crippen molar-refractivity contribution in [1.82, 2.24) is 0 Å². The first kappa shape index (κ1) is 32.5. The van der Waals surface area contributed by atoms with Crippen LogP contribution in [0.3, 0.4) is 0 Å². The molecule has 2 atom stereocenters. The van der Waals surface area contributed by atoms with Gasteiger partial charge in [0.25, 0.3) is 0 Å². The lowest BCUT2D eigenvalue weighted by molar-refractivity contribution is 0.590. The maximum atomic E-state index is 16.5. The van der Waals surface area contributed by atoms with Gasteiger partial charge in [-0.25, -0.2) is 0 Å². The van der Waals surface area contributed by atoms with Gasteiger partial charge in [-0.3, -0.25) is 0 Å². The van der Waals surface area contributed by atoms with Gasteiger partial charge in [0, 0.05) is 32.4 Å². The van der Waals surface area contributed by atoms with Gasteiger partial charge in [-0.2, -0.15) is 5.26 Å². The standard InChI is InChI=1S/C51H33N2O2P/c1-33-26-34(32-52)28-36(27-33)35-24-25-42-46(29-35)53(37-14-4-2-5-15-37)45-21-11-9-19-41(45)51(42)43-20-10-13-23-49(43)56(54,38-16-6-3-7-17-38)50-31-48-40(30-44(50)51)39-18-8-12-22-47(39)55-48/h2-31H,1H3. The van der Waals surface area contributed by atoms with Gasteiger partial charge >= 0.3 is 0 Å². The molecule has 9 aromatic rings. The maximum absolute atomic E-state index is 16.5. The van der Waals surface area contributed by atoms with Gasteiger partial charge in [0.05, 0.1) is 28.4 Å². The van der Waals surface area contributed by atoms with E-state index in [2.05, 4.69) is 120 Å². The Hall–Kier alpha value is -6.92. The maximum Gasteiger partial charge on any atom is 0.171 e. The van der Waals surface area contributed by atoms with E-state index >= 15 is 4.57 Å². The van der Waals surface area contributed by atoms with Crippen molar-refractivity contribution in [3.8, 4) is 17.2 Å². The average Bonchev–Trinajstić information content (AvgIpc) is 3.62. The van der Waals surface area contributed by atoms with Crippen molar-refractivity contribution >= 4 is 62.1 Å². The van der Waals surface area contributed by atoms with Crippen molar-refractivity contribution in [1.29, 1.82) is 5.26 Å². The van der Waals surface area contributed by atoms with Gasteiger partial charge in [0.15, 0.2) is 7.14 Å². The topological polar surface area (TPSA) is 57.2 Å². The summed E-state index contributed by atoms with van der Waals surface area (Å²) in [6.45, 7) is 2.03. The van der Waals surface area contributed by atoms with Crippen LogP contribution >= 0.6 is 7.14 Å². The molecule has 11 rings (SSSR count). The zero-order valence-corrected chi connectivity index (χ0v) is 31.4. The van der Waals surface area contributed by atoms with E-state index in [1.807, 2.05) is 79.7 Å². The van der Waals surface area contributed by atoms with E-state index in [1.54, 1.807) is 0 Å². The van der Waals surface area contributed by atoms with E-state index in [9.17, 15) is 5.26 Å². The number of hydrogen-bond acceptors (Lipinski definition) is 4. The van der Waals surface area contributed by atoms with Crippen molar-refractivity contribution in [2.45, 2.75) is 12.3 Å². The zero-order chi connectivity index (χ0) is 37.6. The fourth-order valence-electron chi connectivity index (χ4n) is 9.50. The molecule has 0 amide bonds. The number of rotatable bonds is 3. The molecule has 2 aliphatic rings. The lowest BCUT2D eigenvalue weighted by atomic mass is 9.61. The highest BCUT2D eigenvalue weighted by atomic mass is 31.2. The monoisotopic (exact) mass is 736 g/mol. The molecule has 5 heteroatoms.